The zero-order valence-electron chi connectivity index (χ0n) is 16.2. The quantitative estimate of drug-likeness (QED) is 0.854. The van der Waals surface area contributed by atoms with E-state index in [0.29, 0.717) is 44.4 Å². The first-order chi connectivity index (χ1) is 13.6. The summed E-state index contributed by atoms with van der Waals surface area (Å²) in [6.07, 6.45) is 2.23. The molecule has 8 nitrogen and oxygen atoms in total. The number of benzene rings is 1. The van der Waals surface area contributed by atoms with Gasteiger partial charge in [-0.15, -0.1) is 0 Å². The van der Waals surface area contributed by atoms with Crippen molar-refractivity contribution in [2.24, 2.45) is 0 Å². The van der Waals surface area contributed by atoms with Crippen molar-refractivity contribution in [3.63, 3.8) is 0 Å². The summed E-state index contributed by atoms with van der Waals surface area (Å²) in [4.78, 5) is 36.6. The fourth-order valence-electron chi connectivity index (χ4n) is 2.95. The first-order valence-corrected chi connectivity index (χ1v) is 9.50. The summed E-state index contributed by atoms with van der Waals surface area (Å²) in [7, 11) is 0. The van der Waals surface area contributed by atoms with E-state index in [1.807, 2.05) is 29.2 Å². The van der Waals surface area contributed by atoms with Gasteiger partial charge in [0.2, 0.25) is 5.95 Å². The van der Waals surface area contributed by atoms with Gasteiger partial charge in [0.25, 0.3) is 5.91 Å². The maximum atomic E-state index is 12.5. The molecule has 0 unspecified atom stereocenters. The van der Waals surface area contributed by atoms with Crippen LogP contribution in [0.1, 0.15) is 29.9 Å². The molecule has 1 aliphatic rings. The highest BCUT2D eigenvalue weighted by Crippen LogP contribution is 2.14. The zero-order valence-corrected chi connectivity index (χ0v) is 16.2. The molecule has 0 radical (unpaired) electrons. The second kappa shape index (κ2) is 9.16. The monoisotopic (exact) mass is 383 g/mol. The van der Waals surface area contributed by atoms with Crippen molar-refractivity contribution < 1.29 is 14.3 Å². The van der Waals surface area contributed by atoms with Gasteiger partial charge in [-0.25, -0.2) is 14.8 Å². The zero-order chi connectivity index (χ0) is 19.9. The molecule has 0 saturated carbocycles. The Bertz CT molecular complexity index is 817. The van der Waals surface area contributed by atoms with Crippen LogP contribution in [0.4, 0.5) is 16.4 Å². The van der Waals surface area contributed by atoms with Gasteiger partial charge in [0.15, 0.2) is 0 Å². The van der Waals surface area contributed by atoms with Crippen LogP contribution in [-0.4, -0.2) is 59.7 Å². The molecule has 2 aromatic rings. The smallest absolute Gasteiger partial charge is 0.409 e. The summed E-state index contributed by atoms with van der Waals surface area (Å²) >= 11 is 0. The third-order valence-electron chi connectivity index (χ3n) is 4.58. The van der Waals surface area contributed by atoms with Crippen molar-refractivity contribution in [1.29, 1.82) is 0 Å². The van der Waals surface area contributed by atoms with Crippen molar-refractivity contribution in [3.8, 4) is 0 Å². The second-order valence-corrected chi connectivity index (χ2v) is 6.42. The van der Waals surface area contributed by atoms with E-state index in [9.17, 15) is 9.59 Å². The van der Waals surface area contributed by atoms with Crippen molar-refractivity contribution in [3.05, 3.63) is 47.8 Å². The van der Waals surface area contributed by atoms with Gasteiger partial charge in [-0.3, -0.25) is 4.79 Å². The summed E-state index contributed by atoms with van der Waals surface area (Å²) in [5.41, 5.74) is 2.24. The van der Waals surface area contributed by atoms with E-state index in [0.717, 1.165) is 12.1 Å². The normalized spacial score (nSPS) is 13.9. The van der Waals surface area contributed by atoms with Gasteiger partial charge in [0, 0.05) is 38.1 Å². The van der Waals surface area contributed by atoms with Crippen LogP contribution in [0.15, 0.2) is 36.5 Å². The minimum Gasteiger partial charge on any atom is -0.450 e. The van der Waals surface area contributed by atoms with Crippen molar-refractivity contribution >= 4 is 23.6 Å². The lowest BCUT2D eigenvalue weighted by molar-refractivity contribution is 0.102. The molecule has 0 atom stereocenters. The fourth-order valence-corrected chi connectivity index (χ4v) is 2.95. The predicted molar refractivity (Wildman–Crippen MR) is 107 cm³/mol. The number of ether oxygens (including phenoxy) is 1. The molecule has 1 aliphatic heterocycles. The molecule has 0 spiro atoms. The Kier molecular flexibility index (Phi) is 6.41. The number of anilines is 2. The highest BCUT2D eigenvalue weighted by Gasteiger charge is 2.23. The summed E-state index contributed by atoms with van der Waals surface area (Å²) in [6, 6.07) is 9.34. The Morgan fingerprint density at radius 1 is 1.07 bits per heavy atom. The van der Waals surface area contributed by atoms with Crippen LogP contribution in [0.25, 0.3) is 0 Å². The molecule has 0 aliphatic carbocycles. The Morgan fingerprint density at radius 3 is 2.43 bits per heavy atom. The molecule has 28 heavy (non-hydrogen) atoms. The van der Waals surface area contributed by atoms with Gasteiger partial charge in [-0.2, -0.15) is 0 Å². The van der Waals surface area contributed by atoms with Gasteiger partial charge in [0.1, 0.15) is 5.69 Å². The Balaban J connectivity index is 1.62. The number of nitrogens with one attached hydrogen (secondary N) is 1. The molecule has 3 rings (SSSR count). The van der Waals surface area contributed by atoms with Gasteiger partial charge < -0.3 is 19.9 Å². The predicted octanol–water partition coefficient (Wildman–Crippen LogP) is 2.57. The van der Waals surface area contributed by atoms with Gasteiger partial charge in [-0.1, -0.05) is 19.1 Å². The Hall–Kier alpha value is -3.16. The summed E-state index contributed by atoms with van der Waals surface area (Å²) < 4.78 is 5.03. The number of aromatic nitrogens is 2. The SMILES string of the molecule is CCOC(=O)N1CCN(c2nccc(C(=O)Nc3ccc(CC)cc3)n2)CC1. The molecule has 0 bridgehead atoms. The number of hydrogen-bond acceptors (Lipinski definition) is 6. The van der Waals surface area contributed by atoms with E-state index in [1.54, 1.807) is 24.1 Å². The average molecular weight is 383 g/mol. The number of rotatable bonds is 5. The fraction of sp³-hybridized carbons (Fsp3) is 0.400. The highest BCUT2D eigenvalue weighted by molar-refractivity contribution is 6.02. The van der Waals surface area contributed by atoms with Crippen molar-refractivity contribution in [2.75, 3.05) is 43.0 Å². The molecule has 1 fully saturated rings. The third-order valence-corrected chi connectivity index (χ3v) is 4.58. The minimum atomic E-state index is -0.301. The number of carbonyl (C=O) groups excluding carboxylic acids is 2. The first-order valence-electron chi connectivity index (χ1n) is 9.50. The van der Waals surface area contributed by atoms with E-state index >= 15 is 0 Å². The Labute approximate surface area is 164 Å². The standard InChI is InChI=1S/C20H25N5O3/c1-3-15-5-7-16(8-6-15)22-18(26)17-9-10-21-19(23-17)24-11-13-25(14-12-24)20(27)28-4-2/h5-10H,3-4,11-14H2,1-2H3,(H,22,26). The maximum Gasteiger partial charge on any atom is 0.409 e. The minimum absolute atomic E-state index is 0.280. The van der Waals surface area contributed by atoms with Crippen LogP contribution in [0.5, 0.6) is 0 Å². The number of hydrogen-bond donors (Lipinski definition) is 1. The summed E-state index contributed by atoms with van der Waals surface area (Å²) in [5, 5.41) is 2.86. The molecular weight excluding hydrogens is 358 g/mol. The number of piperazine rings is 1. The summed E-state index contributed by atoms with van der Waals surface area (Å²) in [6.45, 7) is 6.47. The molecule has 1 N–H and O–H groups in total. The third kappa shape index (κ3) is 4.76. The van der Waals surface area contributed by atoms with E-state index in [1.165, 1.54) is 5.56 Å². The summed E-state index contributed by atoms with van der Waals surface area (Å²) in [5.74, 6) is 0.204. The van der Waals surface area contributed by atoms with Crippen LogP contribution in [0.2, 0.25) is 0 Å². The lowest BCUT2D eigenvalue weighted by Gasteiger charge is -2.34. The topological polar surface area (TPSA) is 87.7 Å². The molecule has 1 saturated heterocycles. The molecule has 2 heterocycles. The van der Waals surface area contributed by atoms with Crippen LogP contribution in [-0.2, 0) is 11.2 Å². The molecule has 1 aromatic carbocycles. The number of carbonyl (C=O) groups is 2. The molecule has 148 valence electrons. The van der Waals surface area contributed by atoms with Crippen LogP contribution in [0.3, 0.4) is 0 Å². The van der Waals surface area contributed by atoms with Gasteiger partial charge in [0.05, 0.1) is 6.61 Å². The van der Waals surface area contributed by atoms with E-state index in [-0.39, 0.29) is 12.0 Å². The maximum absolute atomic E-state index is 12.5. The van der Waals surface area contributed by atoms with E-state index in [4.69, 9.17) is 4.74 Å². The van der Waals surface area contributed by atoms with E-state index in [2.05, 4.69) is 22.2 Å². The lowest BCUT2D eigenvalue weighted by atomic mass is 10.1. The number of aryl methyl sites for hydroxylation is 1. The number of amides is 2. The van der Waals surface area contributed by atoms with Crippen molar-refractivity contribution in [1.82, 2.24) is 14.9 Å². The second-order valence-electron chi connectivity index (χ2n) is 6.42. The van der Waals surface area contributed by atoms with Gasteiger partial charge >= 0.3 is 6.09 Å². The average Bonchev–Trinajstić information content (AvgIpc) is 2.74. The van der Waals surface area contributed by atoms with Crippen LogP contribution < -0.4 is 10.2 Å². The van der Waals surface area contributed by atoms with Crippen LogP contribution in [0, 0.1) is 0 Å². The number of nitrogens with zero attached hydrogens (tertiary/aromatic N) is 4. The van der Waals surface area contributed by atoms with Gasteiger partial charge in [-0.05, 0) is 37.1 Å². The molecule has 2 amide bonds. The molecule has 8 heteroatoms. The van der Waals surface area contributed by atoms with Crippen molar-refractivity contribution in [2.45, 2.75) is 20.3 Å². The lowest BCUT2D eigenvalue weighted by Crippen LogP contribution is -2.49. The molecular formula is C20H25N5O3. The first kappa shape index (κ1) is 19.6. The largest absolute Gasteiger partial charge is 0.450 e. The molecule has 1 aromatic heterocycles. The highest BCUT2D eigenvalue weighted by atomic mass is 16.6. The Morgan fingerprint density at radius 2 is 1.79 bits per heavy atom. The van der Waals surface area contributed by atoms with Crippen LogP contribution >= 0.6 is 0 Å². The van der Waals surface area contributed by atoms with E-state index < -0.39 is 0 Å².